The fourth-order valence-corrected chi connectivity index (χ4v) is 3.49. The third kappa shape index (κ3) is 2.76. The van der Waals surface area contributed by atoms with Crippen molar-refractivity contribution in [2.75, 3.05) is 19.8 Å². The van der Waals surface area contributed by atoms with Gasteiger partial charge in [0.1, 0.15) is 12.7 Å². The zero-order valence-electron chi connectivity index (χ0n) is 14.9. The minimum Gasteiger partial charge on any atom is -0.461 e. The molecule has 0 unspecified atom stereocenters. The summed E-state index contributed by atoms with van der Waals surface area (Å²) in [7, 11) is 0. The van der Waals surface area contributed by atoms with Crippen LogP contribution in [0.4, 0.5) is 0 Å². The van der Waals surface area contributed by atoms with Gasteiger partial charge in [0.2, 0.25) is 0 Å². The molecule has 1 saturated carbocycles. The second-order valence-corrected chi connectivity index (χ2v) is 7.43. The number of hydrogen-bond acceptors (Lipinski definition) is 6. The third-order valence-corrected chi connectivity index (χ3v) is 4.96. The maximum atomic E-state index is 12.1. The molecule has 0 bridgehead atoms. The van der Waals surface area contributed by atoms with Gasteiger partial charge in [-0.2, -0.15) is 0 Å². The Labute approximate surface area is 137 Å². The van der Waals surface area contributed by atoms with E-state index in [9.17, 15) is 9.59 Å². The summed E-state index contributed by atoms with van der Waals surface area (Å²) >= 11 is 0. The van der Waals surface area contributed by atoms with Crippen LogP contribution < -0.4 is 0 Å². The zero-order valence-corrected chi connectivity index (χ0v) is 14.9. The van der Waals surface area contributed by atoms with Gasteiger partial charge in [0.25, 0.3) is 0 Å². The Hall–Kier alpha value is -1.14. The lowest BCUT2D eigenvalue weighted by atomic mass is 9.55. The molecule has 0 amide bonds. The second-order valence-electron chi connectivity index (χ2n) is 7.43. The Bertz CT molecular complexity index is 474. The van der Waals surface area contributed by atoms with Gasteiger partial charge in [-0.3, -0.25) is 9.59 Å². The molecule has 1 heterocycles. The average Bonchev–Trinajstić information content (AvgIpc) is 2.65. The smallest absolute Gasteiger partial charge is 0.311 e. The summed E-state index contributed by atoms with van der Waals surface area (Å²) in [4.78, 5) is 24.1. The largest absolute Gasteiger partial charge is 0.461 e. The van der Waals surface area contributed by atoms with Crippen LogP contribution in [0.1, 0.15) is 48.0 Å². The highest BCUT2D eigenvalue weighted by Gasteiger charge is 2.75. The fraction of sp³-hybridized carbons (Fsp3) is 0.882. The van der Waals surface area contributed by atoms with E-state index >= 15 is 0 Å². The minimum atomic E-state index is -0.855. The summed E-state index contributed by atoms with van der Waals surface area (Å²) in [6.07, 6.45) is -0.0774. The van der Waals surface area contributed by atoms with Crippen LogP contribution >= 0.6 is 0 Å². The molecule has 0 radical (unpaired) electrons. The van der Waals surface area contributed by atoms with Crippen LogP contribution in [-0.4, -0.2) is 43.7 Å². The van der Waals surface area contributed by atoms with Gasteiger partial charge in [-0.25, -0.2) is 0 Å². The number of fused-ring (bicyclic) bond motifs is 1. The highest BCUT2D eigenvalue weighted by Crippen LogP contribution is 2.63. The lowest BCUT2D eigenvalue weighted by Gasteiger charge is -2.57. The summed E-state index contributed by atoms with van der Waals surface area (Å²) in [5, 5.41) is 0. The Morgan fingerprint density at radius 2 is 1.83 bits per heavy atom. The van der Waals surface area contributed by atoms with E-state index in [1.165, 1.54) is 0 Å². The molecule has 1 aliphatic carbocycles. The molecule has 6 nitrogen and oxygen atoms in total. The highest BCUT2D eigenvalue weighted by atomic mass is 16.7. The summed E-state index contributed by atoms with van der Waals surface area (Å²) in [6.45, 7) is 12.0. The molecule has 2 aliphatic rings. The molecule has 0 N–H and O–H groups in total. The first-order valence-corrected chi connectivity index (χ1v) is 8.28. The van der Waals surface area contributed by atoms with Crippen molar-refractivity contribution in [1.29, 1.82) is 0 Å². The zero-order chi connectivity index (χ0) is 17.5. The van der Waals surface area contributed by atoms with E-state index < -0.39 is 22.7 Å². The van der Waals surface area contributed by atoms with Crippen LogP contribution in [0.3, 0.4) is 0 Å². The Kier molecular flexibility index (Phi) is 4.79. The number of carbonyl (C=O) groups is 2. The van der Waals surface area contributed by atoms with Crippen molar-refractivity contribution in [1.82, 2.24) is 0 Å². The Morgan fingerprint density at radius 1 is 1.26 bits per heavy atom. The van der Waals surface area contributed by atoms with Crippen molar-refractivity contribution >= 4 is 11.9 Å². The molecule has 0 aromatic carbocycles. The quantitative estimate of drug-likeness (QED) is 0.550. The van der Waals surface area contributed by atoms with Gasteiger partial charge in [-0.1, -0.05) is 0 Å². The van der Waals surface area contributed by atoms with E-state index in [1.54, 1.807) is 20.8 Å². The third-order valence-electron chi connectivity index (χ3n) is 4.96. The van der Waals surface area contributed by atoms with Gasteiger partial charge in [-0.15, -0.1) is 0 Å². The molecular weight excluding hydrogens is 300 g/mol. The number of esters is 2. The highest BCUT2D eigenvalue weighted by molar-refractivity contribution is 5.79. The molecule has 1 aliphatic heterocycles. The molecule has 0 aromatic rings. The number of carbonyl (C=O) groups excluding carboxylic acids is 2. The number of rotatable bonds is 6. The molecule has 2 rings (SSSR count). The first-order chi connectivity index (χ1) is 10.6. The number of ether oxygens (including phenoxy) is 4. The molecule has 0 spiro atoms. The van der Waals surface area contributed by atoms with E-state index in [2.05, 4.69) is 0 Å². The van der Waals surface area contributed by atoms with Crippen LogP contribution in [0, 0.1) is 16.7 Å². The van der Waals surface area contributed by atoms with Gasteiger partial charge in [0.15, 0.2) is 5.79 Å². The van der Waals surface area contributed by atoms with Crippen molar-refractivity contribution in [3.63, 3.8) is 0 Å². The molecule has 0 aromatic heterocycles. The van der Waals surface area contributed by atoms with Crippen molar-refractivity contribution in [3.05, 3.63) is 0 Å². The first-order valence-electron chi connectivity index (χ1n) is 8.28. The van der Waals surface area contributed by atoms with Gasteiger partial charge in [0, 0.05) is 19.6 Å². The van der Waals surface area contributed by atoms with Gasteiger partial charge in [-0.05, 0) is 41.5 Å². The SMILES string of the molecule is CCOC1(OCC)C[C@@H]2C(=O)O[C@H](COC(=O)C(C)(C)C)[C@@]21C. The maximum absolute atomic E-state index is 12.1. The lowest BCUT2D eigenvalue weighted by molar-refractivity contribution is -0.364. The van der Waals surface area contributed by atoms with Gasteiger partial charge in [0.05, 0.1) is 16.7 Å². The predicted octanol–water partition coefficient (Wildman–Crippen LogP) is 2.30. The van der Waals surface area contributed by atoms with Gasteiger partial charge >= 0.3 is 11.9 Å². The van der Waals surface area contributed by atoms with Crippen LogP contribution in [0.5, 0.6) is 0 Å². The molecule has 132 valence electrons. The Morgan fingerprint density at radius 3 is 2.30 bits per heavy atom. The van der Waals surface area contributed by atoms with Crippen molar-refractivity contribution < 1.29 is 28.5 Å². The first kappa shape index (κ1) is 18.2. The number of hydrogen-bond donors (Lipinski definition) is 0. The van der Waals surface area contributed by atoms with Crippen LogP contribution in [0.25, 0.3) is 0 Å². The molecule has 6 heteroatoms. The average molecular weight is 328 g/mol. The summed E-state index contributed by atoms with van der Waals surface area (Å²) in [5.74, 6) is -1.72. The molecule has 2 fully saturated rings. The molecular formula is C17H28O6. The maximum Gasteiger partial charge on any atom is 0.311 e. The lowest BCUT2D eigenvalue weighted by Crippen LogP contribution is -2.68. The molecule has 1 saturated heterocycles. The van der Waals surface area contributed by atoms with Crippen LogP contribution in [-0.2, 0) is 28.5 Å². The van der Waals surface area contributed by atoms with E-state index in [1.807, 2.05) is 20.8 Å². The number of cyclic esters (lactones) is 1. The topological polar surface area (TPSA) is 71.1 Å². The summed E-state index contributed by atoms with van der Waals surface area (Å²) < 4.78 is 22.6. The predicted molar refractivity (Wildman–Crippen MR) is 82.5 cm³/mol. The fourth-order valence-electron chi connectivity index (χ4n) is 3.49. The molecule has 3 atom stereocenters. The van der Waals surface area contributed by atoms with Crippen LogP contribution in [0.2, 0.25) is 0 Å². The van der Waals surface area contributed by atoms with E-state index in [4.69, 9.17) is 18.9 Å². The normalized spacial score (nSPS) is 32.0. The molecule has 23 heavy (non-hydrogen) atoms. The Balaban J connectivity index is 2.17. The van der Waals surface area contributed by atoms with Gasteiger partial charge < -0.3 is 18.9 Å². The second kappa shape index (κ2) is 6.06. The monoisotopic (exact) mass is 328 g/mol. The van der Waals surface area contributed by atoms with E-state index in [-0.39, 0.29) is 24.5 Å². The standard InChI is InChI=1S/C17H28O6/c1-7-21-17(22-8-2)9-11-13(18)23-12(16(11,17)6)10-20-14(19)15(3,4)5/h11-12H,7-10H2,1-6H3/t11-,12-,16-/m1/s1. The minimum absolute atomic E-state index is 0.0245. The summed E-state index contributed by atoms with van der Waals surface area (Å²) in [5.41, 5.74) is -1.24. The van der Waals surface area contributed by atoms with Crippen molar-refractivity contribution in [3.8, 4) is 0 Å². The summed E-state index contributed by atoms with van der Waals surface area (Å²) in [6, 6.07) is 0. The van der Waals surface area contributed by atoms with Crippen molar-refractivity contribution in [2.24, 2.45) is 16.7 Å². The van der Waals surface area contributed by atoms with Crippen LogP contribution in [0.15, 0.2) is 0 Å². The van der Waals surface area contributed by atoms with Crippen molar-refractivity contribution in [2.45, 2.75) is 59.9 Å². The van der Waals surface area contributed by atoms with E-state index in [0.29, 0.717) is 19.6 Å². The van der Waals surface area contributed by atoms with E-state index in [0.717, 1.165) is 0 Å².